The minimum Gasteiger partial charge on any atom is -0.391 e. The zero-order valence-corrected chi connectivity index (χ0v) is 21.6. The van der Waals surface area contributed by atoms with Crippen LogP contribution in [0.5, 0.6) is 0 Å². The first-order valence-corrected chi connectivity index (χ1v) is 12.0. The molecule has 2 N–H and O–H groups in total. The van der Waals surface area contributed by atoms with E-state index in [1.807, 2.05) is 40.1 Å². The maximum Gasteiger partial charge on any atom is 0.223 e. The van der Waals surface area contributed by atoms with Gasteiger partial charge < -0.3 is 20.1 Å². The molecule has 0 spiro atoms. The number of aryl methyl sites for hydroxylation is 1. The molecule has 6 nitrogen and oxygen atoms in total. The Morgan fingerprint density at radius 3 is 2.25 bits per heavy atom. The average molecular weight is 464 g/mol. The predicted molar refractivity (Wildman–Crippen MR) is 135 cm³/mol. The number of carbonyl (C=O) groups excluding carboxylic acids is 2. The molecular formula is C25H41N3O3S. The minimum absolute atomic E-state index is 0.0463. The lowest BCUT2D eigenvalue weighted by atomic mass is 9.92. The van der Waals surface area contributed by atoms with Gasteiger partial charge in [0.2, 0.25) is 5.91 Å². The Kier molecular flexibility index (Phi) is 14.6. The van der Waals surface area contributed by atoms with Crippen LogP contribution in [0.15, 0.2) is 29.8 Å². The SMILES string of the molecule is C=O.CC.CC(C)(C)CC(=O)N1CCC(O)C1.CNCc1ccc(-c2scnc2C)cc1. The molecule has 0 bridgehead atoms. The van der Waals surface area contributed by atoms with E-state index in [4.69, 9.17) is 4.79 Å². The van der Waals surface area contributed by atoms with Gasteiger partial charge in [-0.3, -0.25) is 4.79 Å². The van der Waals surface area contributed by atoms with E-state index in [0.717, 1.165) is 25.2 Å². The van der Waals surface area contributed by atoms with Gasteiger partial charge in [0.1, 0.15) is 6.79 Å². The molecule has 1 saturated heterocycles. The largest absolute Gasteiger partial charge is 0.391 e. The van der Waals surface area contributed by atoms with Crippen LogP contribution in [0.25, 0.3) is 10.4 Å². The fourth-order valence-corrected chi connectivity index (χ4v) is 3.90. The van der Waals surface area contributed by atoms with Crippen LogP contribution in [0.1, 0.15) is 58.7 Å². The Balaban J connectivity index is 0.000000525. The summed E-state index contributed by atoms with van der Waals surface area (Å²) in [5, 5.41) is 12.4. The van der Waals surface area contributed by atoms with Crippen LogP contribution >= 0.6 is 11.3 Å². The maximum atomic E-state index is 11.6. The molecule has 32 heavy (non-hydrogen) atoms. The van der Waals surface area contributed by atoms with Gasteiger partial charge in [-0.15, -0.1) is 11.3 Å². The van der Waals surface area contributed by atoms with E-state index in [1.54, 1.807) is 16.2 Å². The normalized spacial score (nSPS) is 14.9. The van der Waals surface area contributed by atoms with Crippen LogP contribution in [-0.2, 0) is 16.1 Å². The molecule has 3 rings (SSSR count). The molecule has 0 saturated carbocycles. The number of nitrogens with zero attached hydrogens (tertiary/aromatic N) is 2. The Bertz CT molecular complexity index is 769. The fourth-order valence-electron chi connectivity index (χ4n) is 3.09. The summed E-state index contributed by atoms with van der Waals surface area (Å²) in [6, 6.07) is 8.64. The molecule has 2 aromatic rings. The minimum atomic E-state index is -0.302. The van der Waals surface area contributed by atoms with Gasteiger partial charge in [-0.2, -0.15) is 0 Å². The number of thiazole rings is 1. The van der Waals surface area contributed by atoms with Crippen LogP contribution < -0.4 is 5.32 Å². The van der Waals surface area contributed by atoms with Crippen molar-refractivity contribution < 1.29 is 14.7 Å². The Morgan fingerprint density at radius 1 is 1.25 bits per heavy atom. The monoisotopic (exact) mass is 463 g/mol. The average Bonchev–Trinajstić information content (AvgIpc) is 3.39. The van der Waals surface area contributed by atoms with Crippen LogP contribution in [0, 0.1) is 12.3 Å². The highest BCUT2D eigenvalue weighted by molar-refractivity contribution is 7.13. The highest BCUT2D eigenvalue weighted by Crippen LogP contribution is 2.27. The number of amides is 1. The van der Waals surface area contributed by atoms with Crippen LogP contribution in [-0.4, -0.2) is 53.9 Å². The number of hydrogen-bond donors (Lipinski definition) is 2. The molecule has 1 aliphatic rings. The molecule has 0 radical (unpaired) electrons. The third kappa shape index (κ3) is 11.0. The Morgan fingerprint density at radius 2 is 1.84 bits per heavy atom. The smallest absolute Gasteiger partial charge is 0.223 e. The highest BCUT2D eigenvalue weighted by Gasteiger charge is 2.27. The van der Waals surface area contributed by atoms with E-state index >= 15 is 0 Å². The maximum absolute atomic E-state index is 11.6. The molecule has 1 amide bonds. The van der Waals surface area contributed by atoms with Gasteiger partial charge in [0.25, 0.3) is 0 Å². The third-order valence-electron chi connectivity index (χ3n) is 4.54. The second-order valence-corrected chi connectivity index (χ2v) is 9.37. The van der Waals surface area contributed by atoms with Gasteiger partial charge in [0.05, 0.1) is 22.2 Å². The summed E-state index contributed by atoms with van der Waals surface area (Å²) in [6.45, 7) is 16.4. The zero-order chi connectivity index (χ0) is 24.7. The van der Waals surface area contributed by atoms with E-state index in [0.29, 0.717) is 13.0 Å². The van der Waals surface area contributed by atoms with Crippen molar-refractivity contribution >= 4 is 24.0 Å². The summed E-state index contributed by atoms with van der Waals surface area (Å²) in [4.78, 5) is 26.9. The molecule has 1 aromatic carbocycles. The van der Waals surface area contributed by atoms with E-state index in [9.17, 15) is 9.90 Å². The number of nitrogens with one attached hydrogen (secondary N) is 1. The lowest BCUT2D eigenvalue weighted by Crippen LogP contribution is -2.32. The topological polar surface area (TPSA) is 82.5 Å². The van der Waals surface area contributed by atoms with Gasteiger partial charge in [-0.25, -0.2) is 4.98 Å². The van der Waals surface area contributed by atoms with Gasteiger partial charge in [0, 0.05) is 26.1 Å². The summed E-state index contributed by atoms with van der Waals surface area (Å²) in [7, 11) is 1.96. The summed E-state index contributed by atoms with van der Waals surface area (Å²) < 4.78 is 0. The first-order valence-electron chi connectivity index (χ1n) is 11.1. The van der Waals surface area contributed by atoms with Crippen molar-refractivity contribution in [1.82, 2.24) is 15.2 Å². The van der Waals surface area contributed by atoms with E-state index < -0.39 is 0 Å². The quantitative estimate of drug-likeness (QED) is 0.687. The molecule has 7 heteroatoms. The molecule has 1 atom stereocenters. The number of carbonyl (C=O) groups is 2. The highest BCUT2D eigenvalue weighted by atomic mass is 32.1. The van der Waals surface area contributed by atoms with Gasteiger partial charge >= 0.3 is 0 Å². The number of aliphatic hydroxyl groups is 1. The van der Waals surface area contributed by atoms with E-state index in [2.05, 4.69) is 55.3 Å². The van der Waals surface area contributed by atoms with Crippen molar-refractivity contribution in [2.24, 2.45) is 5.41 Å². The predicted octanol–water partition coefficient (Wildman–Crippen LogP) is 4.70. The fraction of sp³-hybridized carbons (Fsp3) is 0.560. The van der Waals surface area contributed by atoms with Gasteiger partial charge in [-0.1, -0.05) is 58.9 Å². The first-order chi connectivity index (χ1) is 15.2. The molecule has 1 unspecified atom stereocenters. The van der Waals surface area contributed by atoms with E-state index in [-0.39, 0.29) is 17.4 Å². The van der Waals surface area contributed by atoms with E-state index in [1.165, 1.54) is 16.0 Å². The van der Waals surface area contributed by atoms with Crippen LogP contribution in [0.4, 0.5) is 0 Å². The molecule has 1 aromatic heterocycles. The summed E-state index contributed by atoms with van der Waals surface area (Å²) >= 11 is 1.70. The second-order valence-electron chi connectivity index (χ2n) is 8.51. The number of aromatic nitrogens is 1. The second kappa shape index (κ2) is 15.7. The lowest BCUT2D eigenvalue weighted by Gasteiger charge is -2.22. The molecule has 0 aliphatic carbocycles. The molecule has 1 fully saturated rings. The van der Waals surface area contributed by atoms with Crippen LogP contribution in [0.3, 0.4) is 0 Å². The number of rotatable bonds is 4. The van der Waals surface area contributed by atoms with Gasteiger partial charge in [-0.05, 0) is 36.9 Å². The standard InChI is InChI=1S/C12H14N2S.C10H19NO2.C2H6.CH2O/c1-9-12(15-8-14-9)11-5-3-10(4-6-11)7-13-2;1-10(2,3)6-9(13)11-5-4-8(12)7-11;2*1-2/h3-6,8,13H,7H2,1-2H3;8,12H,4-7H2,1-3H3;1-2H3;1H2. The van der Waals surface area contributed by atoms with Gasteiger partial charge in [0.15, 0.2) is 0 Å². The van der Waals surface area contributed by atoms with Crippen molar-refractivity contribution in [2.75, 3.05) is 20.1 Å². The van der Waals surface area contributed by atoms with Crippen molar-refractivity contribution in [3.63, 3.8) is 0 Å². The Labute approximate surface area is 198 Å². The molecule has 2 heterocycles. The molecule has 1 aliphatic heterocycles. The first kappa shape index (κ1) is 29.9. The molecule has 180 valence electrons. The number of aliphatic hydroxyl groups excluding tert-OH is 1. The Hall–Kier alpha value is -2.09. The van der Waals surface area contributed by atoms with Crippen molar-refractivity contribution in [1.29, 1.82) is 0 Å². The van der Waals surface area contributed by atoms with Crippen LogP contribution in [0.2, 0.25) is 0 Å². The number of β-amino-alcohol motifs (C(OH)–C–C–N with tert-alkyl or cyclic N) is 1. The number of likely N-dealkylation sites (tertiary alicyclic amines) is 1. The molecular weight excluding hydrogens is 422 g/mol. The summed E-state index contributed by atoms with van der Waals surface area (Å²) in [5.74, 6) is 0.170. The number of hydrogen-bond acceptors (Lipinski definition) is 6. The van der Waals surface area contributed by atoms with Crippen molar-refractivity contribution in [3.05, 3.63) is 41.0 Å². The zero-order valence-electron chi connectivity index (χ0n) is 20.8. The third-order valence-corrected chi connectivity index (χ3v) is 5.52. The summed E-state index contributed by atoms with van der Waals surface area (Å²) in [6.07, 6.45) is 0.999. The lowest BCUT2D eigenvalue weighted by molar-refractivity contribution is -0.132. The van der Waals surface area contributed by atoms with Crippen molar-refractivity contribution in [3.8, 4) is 10.4 Å². The van der Waals surface area contributed by atoms with Crippen molar-refractivity contribution in [2.45, 2.75) is 67.0 Å². The number of benzene rings is 1. The summed E-state index contributed by atoms with van der Waals surface area (Å²) in [5.41, 5.74) is 5.62.